The molecule has 156 valence electrons. The van der Waals surface area contributed by atoms with E-state index in [9.17, 15) is 14.4 Å². The summed E-state index contributed by atoms with van der Waals surface area (Å²) in [5.74, 6) is 0.116. The van der Waals surface area contributed by atoms with Gasteiger partial charge in [0.15, 0.2) is 0 Å². The Morgan fingerprint density at radius 1 is 1.13 bits per heavy atom. The molecule has 2 aromatic carbocycles. The van der Waals surface area contributed by atoms with Gasteiger partial charge in [-0.2, -0.15) is 0 Å². The van der Waals surface area contributed by atoms with Gasteiger partial charge in [0.05, 0.1) is 24.0 Å². The van der Waals surface area contributed by atoms with E-state index in [4.69, 9.17) is 0 Å². The minimum atomic E-state index is -0.463. The lowest BCUT2D eigenvalue weighted by Gasteiger charge is -2.26. The van der Waals surface area contributed by atoms with Crippen molar-refractivity contribution in [3.8, 4) is 0 Å². The molecule has 0 saturated heterocycles. The lowest BCUT2D eigenvalue weighted by Crippen LogP contribution is -2.44. The second kappa shape index (κ2) is 9.21. The topological polar surface area (TPSA) is 107 Å². The first-order chi connectivity index (χ1) is 14.3. The van der Waals surface area contributed by atoms with E-state index in [1.54, 1.807) is 35.2 Å². The molecule has 30 heavy (non-hydrogen) atoms. The number of urea groups is 1. The van der Waals surface area contributed by atoms with Crippen LogP contribution >= 0.6 is 0 Å². The van der Waals surface area contributed by atoms with Crippen molar-refractivity contribution in [3.63, 3.8) is 0 Å². The average Bonchev–Trinajstić information content (AvgIpc) is 2.70. The number of anilines is 1. The van der Waals surface area contributed by atoms with Gasteiger partial charge in [-0.15, -0.1) is 0 Å². The molecule has 0 fully saturated rings. The zero-order valence-electron chi connectivity index (χ0n) is 17.2. The van der Waals surface area contributed by atoms with E-state index in [1.807, 2.05) is 39.0 Å². The van der Waals surface area contributed by atoms with Crippen molar-refractivity contribution in [2.24, 2.45) is 0 Å². The minimum Gasteiger partial charge on any atom is -0.331 e. The van der Waals surface area contributed by atoms with Gasteiger partial charge in [0, 0.05) is 11.7 Å². The minimum absolute atomic E-state index is 0.137. The maximum atomic E-state index is 12.7. The summed E-state index contributed by atoms with van der Waals surface area (Å²) in [6, 6.07) is 13.8. The Labute approximate surface area is 174 Å². The summed E-state index contributed by atoms with van der Waals surface area (Å²) in [5.41, 5.74) is 2.00. The van der Waals surface area contributed by atoms with Crippen molar-refractivity contribution in [2.75, 3.05) is 11.9 Å². The molecular weight excluding hydrogens is 382 g/mol. The number of para-hydroxylation sites is 1. The summed E-state index contributed by atoms with van der Waals surface area (Å²) in [7, 11) is 0. The van der Waals surface area contributed by atoms with Crippen LogP contribution in [0, 0.1) is 6.92 Å². The summed E-state index contributed by atoms with van der Waals surface area (Å²) in [4.78, 5) is 45.8. The molecule has 0 radical (unpaired) electrons. The predicted octanol–water partition coefficient (Wildman–Crippen LogP) is 2.79. The highest BCUT2D eigenvalue weighted by molar-refractivity contribution is 5.92. The molecule has 0 atom stereocenters. The number of nitrogens with one attached hydrogen (secondary N) is 3. The fourth-order valence-corrected chi connectivity index (χ4v) is 3.09. The molecule has 0 spiro atoms. The molecule has 0 saturated carbocycles. The van der Waals surface area contributed by atoms with Crippen LogP contribution in [-0.2, 0) is 11.3 Å². The summed E-state index contributed by atoms with van der Waals surface area (Å²) < 4.78 is 0. The number of hydrogen-bond donors (Lipinski definition) is 3. The quantitative estimate of drug-likeness (QED) is 0.584. The van der Waals surface area contributed by atoms with Crippen LogP contribution in [0.4, 0.5) is 10.5 Å². The van der Waals surface area contributed by atoms with Crippen molar-refractivity contribution < 1.29 is 9.59 Å². The molecule has 1 aromatic heterocycles. The molecule has 3 N–H and O–H groups in total. The highest BCUT2D eigenvalue weighted by Crippen LogP contribution is 2.10. The Morgan fingerprint density at radius 2 is 1.90 bits per heavy atom. The van der Waals surface area contributed by atoms with Crippen LogP contribution < -0.4 is 16.2 Å². The lowest BCUT2D eigenvalue weighted by molar-refractivity contribution is -0.132. The Kier molecular flexibility index (Phi) is 6.46. The van der Waals surface area contributed by atoms with Gasteiger partial charge < -0.3 is 20.5 Å². The van der Waals surface area contributed by atoms with Gasteiger partial charge in [-0.05, 0) is 50.6 Å². The lowest BCUT2D eigenvalue weighted by atomic mass is 10.2. The van der Waals surface area contributed by atoms with E-state index in [-0.39, 0.29) is 30.6 Å². The van der Waals surface area contributed by atoms with Crippen LogP contribution in [0.2, 0.25) is 0 Å². The molecule has 3 aromatic rings. The van der Waals surface area contributed by atoms with E-state index >= 15 is 0 Å². The van der Waals surface area contributed by atoms with Crippen LogP contribution in [0.25, 0.3) is 10.9 Å². The number of hydrogen-bond acceptors (Lipinski definition) is 4. The molecule has 0 unspecified atom stereocenters. The van der Waals surface area contributed by atoms with Gasteiger partial charge in [0.2, 0.25) is 5.91 Å². The molecule has 0 aliphatic carbocycles. The summed E-state index contributed by atoms with van der Waals surface area (Å²) in [6.07, 6.45) is 0. The van der Waals surface area contributed by atoms with Crippen LogP contribution in [0.15, 0.2) is 53.3 Å². The SMILES string of the molecule is Cc1cccc(NC(=O)NCC(=O)N(Cc2nc3ccccc3c(=O)[nH]2)C(C)C)c1. The van der Waals surface area contributed by atoms with Crippen molar-refractivity contribution in [1.82, 2.24) is 20.2 Å². The highest BCUT2D eigenvalue weighted by atomic mass is 16.2. The van der Waals surface area contributed by atoms with Gasteiger partial charge >= 0.3 is 6.03 Å². The zero-order chi connectivity index (χ0) is 21.7. The molecule has 8 nitrogen and oxygen atoms in total. The number of fused-ring (bicyclic) bond motifs is 1. The fourth-order valence-electron chi connectivity index (χ4n) is 3.09. The van der Waals surface area contributed by atoms with E-state index in [2.05, 4.69) is 20.6 Å². The number of benzene rings is 2. The Morgan fingerprint density at radius 3 is 2.63 bits per heavy atom. The first kappa shape index (κ1) is 21.0. The number of aromatic nitrogens is 2. The van der Waals surface area contributed by atoms with Gasteiger partial charge in [0.25, 0.3) is 5.56 Å². The van der Waals surface area contributed by atoms with E-state index in [0.29, 0.717) is 22.4 Å². The summed E-state index contributed by atoms with van der Waals surface area (Å²) in [5, 5.41) is 5.78. The second-order valence-corrected chi connectivity index (χ2v) is 7.32. The van der Waals surface area contributed by atoms with Crippen LogP contribution in [0.5, 0.6) is 0 Å². The summed E-state index contributed by atoms with van der Waals surface area (Å²) >= 11 is 0. The molecule has 0 aliphatic rings. The predicted molar refractivity (Wildman–Crippen MR) is 116 cm³/mol. The number of nitrogens with zero attached hydrogens (tertiary/aromatic N) is 2. The first-order valence-corrected chi connectivity index (χ1v) is 9.72. The maximum Gasteiger partial charge on any atom is 0.319 e. The average molecular weight is 407 g/mol. The Hall–Kier alpha value is -3.68. The molecule has 3 amide bonds. The first-order valence-electron chi connectivity index (χ1n) is 9.72. The van der Waals surface area contributed by atoms with Gasteiger partial charge in [0.1, 0.15) is 5.82 Å². The third-order valence-electron chi connectivity index (χ3n) is 4.60. The molecule has 0 bridgehead atoms. The van der Waals surface area contributed by atoms with E-state index in [1.165, 1.54) is 0 Å². The van der Waals surface area contributed by atoms with Crippen molar-refractivity contribution in [3.05, 3.63) is 70.3 Å². The number of H-pyrrole nitrogens is 1. The van der Waals surface area contributed by atoms with Crippen LogP contribution in [-0.4, -0.2) is 39.4 Å². The number of carbonyl (C=O) groups is 2. The van der Waals surface area contributed by atoms with Crippen molar-refractivity contribution in [1.29, 1.82) is 0 Å². The van der Waals surface area contributed by atoms with E-state index < -0.39 is 6.03 Å². The largest absolute Gasteiger partial charge is 0.331 e. The third-order valence-corrected chi connectivity index (χ3v) is 4.60. The normalized spacial score (nSPS) is 10.8. The Bertz CT molecular complexity index is 1120. The highest BCUT2D eigenvalue weighted by Gasteiger charge is 2.19. The molecule has 3 rings (SSSR count). The second-order valence-electron chi connectivity index (χ2n) is 7.32. The number of aromatic amines is 1. The number of carbonyl (C=O) groups excluding carboxylic acids is 2. The number of amides is 3. The van der Waals surface area contributed by atoms with Crippen molar-refractivity contribution in [2.45, 2.75) is 33.4 Å². The van der Waals surface area contributed by atoms with Gasteiger partial charge in [-0.25, -0.2) is 9.78 Å². The van der Waals surface area contributed by atoms with Crippen LogP contribution in [0.1, 0.15) is 25.2 Å². The smallest absolute Gasteiger partial charge is 0.319 e. The standard InChI is InChI=1S/C22H25N5O3/c1-14(2)27(13-19-25-18-10-5-4-9-17(18)21(29)26-19)20(28)12-23-22(30)24-16-8-6-7-15(3)11-16/h4-11,14H,12-13H2,1-3H3,(H2,23,24,30)(H,25,26,29). The molecule has 1 heterocycles. The summed E-state index contributed by atoms with van der Waals surface area (Å²) in [6.45, 7) is 5.62. The number of rotatable bonds is 6. The molecule has 8 heteroatoms. The fraction of sp³-hybridized carbons (Fsp3) is 0.273. The molecular formula is C22H25N5O3. The van der Waals surface area contributed by atoms with Crippen LogP contribution in [0.3, 0.4) is 0 Å². The monoisotopic (exact) mass is 407 g/mol. The van der Waals surface area contributed by atoms with E-state index in [0.717, 1.165) is 5.56 Å². The van der Waals surface area contributed by atoms with Gasteiger partial charge in [-0.3, -0.25) is 9.59 Å². The third kappa shape index (κ3) is 5.22. The Balaban J connectivity index is 1.65. The number of aryl methyl sites for hydroxylation is 1. The maximum absolute atomic E-state index is 12.7. The zero-order valence-corrected chi connectivity index (χ0v) is 17.2. The van der Waals surface area contributed by atoms with Crippen molar-refractivity contribution >= 4 is 28.5 Å². The molecule has 0 aliphatic heterocycles. The van der Waals surface area contributed by atoms with Gasteiger partial charge in [-0.1, -0.05) is 24.3 Å².